The van der Waals surface area contributed by atoms with Crippen LogP contribution in [0.5, 0.6) is 0 Å². The Morgan fingerprint density at radius 1 is 1.12 bits per heavy atom. The van der Waals surface area contributed by atoms with E-state index in [4.69, 9.17) is 4.74 Å². The van der Waals surface area contributed by atoms with Crippen molar-refractivity contribution in [3.05, 3.63) is 35.9 Å². The van der Waals surface area contributed by atoms with Gasteiger partial charge < -0.3 is 19.9 Å². The molecule has 1 aliphatic rings. The maximum absolute atomic E-state index is 12.3. The first-order chi connectivity index (χ1) is 12.0. The van der Waals surface area contributed by atoms with Crippen LogP contribution in [0, 0.1) is 0 Å². The Balaban J connectivity index is 1.75. The zero-order valence-electron chi connectivity index (χ0n) is 14.1. The van der Waals surface area contributed by atoms with Crippen LogP contribution in [-0.4, -0.2) is 65.3 Å². The molecular weight excluding hydrogens is 390 g/mol. The SMILES string of the molecule is CC(NC(=O)CBr)C(=O)N1CCN(C(=O)OCc2ccccc2)CC1. The van der Waals surface area contributed by atoms with Crippen LogP contribution in [-0.2, 0) is 20.9 Å². The molecule has 0 bridgehead atoms. The Morgan fingerprint density at radius 2 is 1.72 bits per heavy atom. The molecule has 0 spiro atoms. The first-order valence-corrected chi connectivity index (χ1v) is 9.23. The summed E-state index contributed by atoms with van der Waals surface area (Å²) in [5, 5.41) is 2.78. The second-order valence-electron chi connectivity index (χ2n) is 5.78. The maximum atomic E-state index is 12.3. The molecule has 7 nitrogen and oxygen atoms in total. The van der Waals surface area contributed by atoms with Crippen molar-refractivity contribution in [2.45, 2.75) is 19.6 Å². The van der Waals surface area contributed by atoms with Gasteiger partial charge in [-0.05, 0) is 12.5 Å². The van der Waals surface area contributed by atoms with Crippen molar-refractivity contribution in [1.82, 2.24) is 15.1 Å². The van der Waals surface area contributed by atoms with Gasteiger partial charge in [-0.3, -0.25) is 9.59 Å². The van der Waals surface area contributed by atoms with Crippen LogP contribution in [0.2, 0.25) is 0 Å². The predicted octanol–water partition coefficient (Wildman–Crippen LogP) is 1.37. The van der Waals surface area contributed by atoms with Crippen molar-refractivity contribution in [3.8, 4) is 0 Å². The molecule has 2 rings (SSSR count). The van der Waals surface area contributed by atoms with Crippen LogP contribution in [0.25, 0.3) is 0 Å². The Bertz CT molecular complexity index is 603. The average molecular weight is 412 g/mol. The molecule has 0 aromatic heterocycles. The van der Waals surface area contributed by atoms with Gasteiger partial charge in [-0.1, -0.05) is 46.3 Å². The minimum absolute atomic E-state index is 0.147. The normalized spacial score (nSPS) is 15.4. The molecule has 0 aliphatic carbocycles. The minimum Gasteiger partial charge on any atom is -0.445 e. The summed E-state index contributed by atoms with van der Waals surface area (Å²) in [4.78, 5) is 39.0. The average Bonchev–Trinajstić information content (AvgIpc) is 2.66. The number of halogens is 1. The lowest BCUT2D eigenvalue weighted by molar-refractivity contribution is -0.136. The van der Waals surface area contributed by atoms with Gasteiger partial charge in [0.05, 0.1) is 5.33 Å². The molecule has 1 fully saturated rings. The van der Waals surface area contributed by atoms with E-state index in [1.54, 1.807) is 16.7 Å². The summed E-state index contributed by atoms with van der Waals surface area (Å²) in [6, 6.07) is 8.90. The number of alkyl halides is 1. The summed E-state index contributed by atoms with van der Waals surface area (Å²) in [6.07, 6.45) is -0.378. The molecule has 1 atom stereocenters. The van der Waals surface area contributed by atoms with Gasteiger partial charge in [-0.15, -0.1) is 0 Å². The number of nitrogens with zero attached hydrogens (tertiary/aromatic N) is 2. The molecule has 136 valence electrons. The summed E-state index contributed by atoms with van der Waals surface area (Å²) < 4.78 is 5.30. The van der Waals surface area contributed by atoms with Gasteiger partial charge in [0.15, 0.2) is 0 Å². The standard InChI is InChI=1S/C17H22BrN3O4/c1-13(19-15(22)11-18)16(23)20-7-9-21(10-8-20)17(24)25-12-14-5-3-2-4-6-14/h2-6,13H,7-12H2,1H3,(H,19,22). The maximum Gasteiger partial charge on any atom is 0.410 e. The number of nitrogens with one attached hydrogen (secondary N) is 1. The Kier molecular flexibility index (Phi) is 7.24. The monoisotopic (exact) mass is 411 g/mol. The fourth-order valence-corrected chi connectivity index (χ4v) is 2.70. The van der Waals surface area contributed by atoms with Crippen molar-refractivity contribution >= 4 is 33.8 Å². The minimum atomic E-state index is -0.582. The highest BCUT2D eigenvalue weighted by Crippen LogP contribution is 2.08. The summed E-state index contributed by atoms with van der Waals surface area (Å²) >= 11 is 3.05. The van der Waals surface area contributed by atoms with Gasteiger partial charge in [-0.25, -0.2) is 4.79 Å². The molecule has 1 aliphatic heterocycles. The molecule has 1 heterocycles. The number of hydrogen-bond donors (Lipinski definition) is 1. The smallest absolute Gasteiger partial charge is 0.410 e. The van der Waals surface area contributed by atoms with Crippen molar-refractivity contribution in [3.63, 3.8) is 0 Å². The first kappa shape index (κ1) is 19.2. The predicted molar refractivity (Wildman–Crippen MR) is 96.2 cm³/mol. The fourth-order valence-electron chi connectivity index (χ4n) is 2.54. The topological polar surface area (TPSA) is 79.0 Å². The number of amides is 3. The van der Waals surface area contributed by atoms with Crippen LogP contribution in [0.1, 0.15) is 12.5 Å². The lowest BCUT2D eigenvalue weighted by Crippen LogP contribution is -2.55. The Hall–Kier alpha value is -2.09. The highest BCUT2D eigenvalue weighted by Gasteiger charge is 2.28. The number of piperazine rings is 1. The molecule has 1 N–H and O–H groups in total. The van der Waals surface area contributed by atoms with Gasteiger partial charge >= 0.3 is 6.09 Å². The zero-order valence-corrected chi connectivity index (χ0v) is 15.7. The molecule has 1 aromatic carbocycles. The Labute approximate surface area is 155 Å². The number of benzene rings is 1. The fraction of sp³-hybridized carbons (Fsp3) is 0.471. The van der Waals surface area contributed by atoms with Crippen LogP contribution in [0.15, 0.2) is 30.3 Å². The van der Waals surface area contributed by atoms with E-state index in [1.165, 1.54) is 0 Å². The van der Waals surface area contributed by atoms with Gasteiger partial charge in [0.2, 0.25) is 11.8 Å². The van der Waals surface area contributed by atoms with E-state index in [9.17, 15) is 14.4 Å². The van der Waals surface area contributed by atoms with Gasteiger partial charge in [0.1, 0.15) is 12.6 Å². The second kappa shape index (κ2) is 9.41. The highest BCUT2D eigenvalue weighted by atomic mass is 79.9. The number of carbonyl (C=O) groups is 3. The van der Waals surface area contributed by atoms with E-state index in [2.05, 4.69) is 21.2 Å². The quantitative estimate of drug-likeness (QED) is 0.741. The lowest BCUT2D eigenvalue weighted by Gasteiger charge is -2.35. The third kappa shape index (κ3) is 5.74. The Morgan fingerprint density at radius 3 is 2.32 bits per heavy atom. The molecular formula is C17H22BrN3O4. The zero-order chi connectivity index (χ0) is 18.2. The van der Waals surface area contributed by atoms with Crippen LogP contribution < -0.4 is 5.32 Å². The lowest BCUT2D eigenvalue weighted by atomic mass is 10.2. The largest absolute Gasteiger partial charge is 0.445 e. The van der Waals surface area contributed by atoms with Crippen molar-refractivity contribution in [1.29, 1.82) is 0 Å². The van der Waals surface area contributed by atoms with Crippen molar-refractivity contribution in [2.75, 3.05) is 31.5 Å². The summed E-state index contributed by atoms with van der Waals surface area (Å²) in [5.74, 6) is -0.379. The van der Waals surface area contributed by atoms with Crippen LogP contribution >= 0.6 is 15.9 Å². The third-order valence-corrected chi connectivity index (χ3v) is 4.43. The van der Waals surface area contributed by atoms with Gasteiger partial charge in [0.25, 0.3) is 0 Å². The molecule has 0 radical (unpaired) electrons. The second-order valence-corrected chi connectivity index (χ2v) is 6.34. The van der Waals surface area contributed by atoms with E-state index in [-0.39, 0.29) is 29.8 Å². The summed E-state index contributed by atoms with van der Waals surface area (Å²) in [6.45, 7) is 3.57. The molecule has 3 amide bonds. The van der Waals surface area contributed by atoms with Gasteiger partial charge in [0, 0.05) is 26.2 Å². The molecule has 0 saturated carbocycles. The molecule has 1 unspecified atom stereocenters. The number of carbonyl (C=O) groups excluding carboxylic acids is 3. The molecule has 1 saturated heterocycles. The van der Waals surface area contributed by atoms with Crippen molar-refractivity contribution in [2.24, 2.45) is 0 Å². The molecule has 8 heteroatoms. The van der Waals surface area contributed by atoms with E-state index in [0.29, 0.717) is 26.2 Å². The molecule has 25 heavy (non-hydrogen) atoms. The van der Waals surface area contributed by atoms with Crippen LogP contribution in [0.3, 0.4) is 0 Å². The van der Waals surface area contributed by atoms with E-state index >= 15 is 0 Å². The summed E-state index contributed by atoms with van der Waals surface area (Å²) in [5.41, 5.74) is 0.932. The highest BCUT2D eigenvalue weighted by molar-refractivity contribution is 9.09. The van der Waals surface area contributed by atoms with Crippen molar-refractivity contribution < 1.29 is 19.1 Å². The summed E-state index contributed by atoms with van der Waals surface area (Å²) in [7, 11) is 0. The van der Waals surface area contributed by atoms with Crippen LogP contribution in [0.4, 0.5) is 4.79 Å². The van der Waals surface area contributed by atoms with E-state index in [1.807, 2.05) is 30.3 Å². The van der Waals surface area contributed by atoms with Gasteiger partial charge in [-0.2, -0.15) is 0 Å². The number of ether oxygens (including phenoxy) is 1. The number of rotatable bonds is 5. The number of hydrogen-bond acceptors (Lipinski definition) is 4. The third-order valence-electron chi connectivity index (χ3n) is 3.92. The van der Waals surface area contributed by atoms with E-state index < -0.39 is 6.04 Å². The molecule has 1 aromatic rings. The first-order valence-electron chi connectivity index (χ1n) is 8.11. The van der Waals surface area contributed by atoms with E-state index in [0.717, 1.165) is 5.56 Å².